The van der Waals surface area contributed by atoms with Crippen LogP contribution in [0.15, 0.2) is 18.2 Å². The van der Waals surface area contributed by atoms with Crippen LogP contribution in [0.5, 0.6) is 0 Å². The van der Waals surface area contributed by atoms with Gasteiger partial charge in [-0.05, 0) is 70.8 Å². The summed E-state index contributed by atoms with van der Waals surface area (Å²) in [7, 11) is 0. The summed E-state index contributed by atoms with van der Waals surface area (Å²) in [5, 5.41) is 2.90. The van der Waals surface area contributed by atoms with Crippen molar-refractivity contribution in [2.24, 2.45) is 0 Å². The average molecular weight is 405 g/mol. The monoisotopic (exact) mass is 404 g/mol. The molecule has 1 N–H and O–H groups in total. The Balaban J connectivity index is 1.37. The van der Waals surface area contributed by atoms with Crippen molar-refractivity contribution in [3.8, 4) is 0 Å². The van der Waals surface area contributed by atoms with Gasteiger partial charge in [0.2, 0.25) is 0 Å². The Kier molecular flexibility index (Phi) is 6.25. The summed E-state index contributed by atoms with van der Waals surface area (Å²) in [6.07, 6.45) is 4.84. The highest BCUT2D eigenvalue weighted by Crippen LogP contribution is 2.27. The van der Waals surface area contributed by atoms with Crippen LogP contribution in [0.2, 0.25) is 0 Å². The van der Waals surface area contributed by atoms with Crippen LogP contribution >= 0.6 is 0 Å². The van der Waals surface area contributed by atoms with E-state index in [0.29, 0.717) is 30.5 Å². The van der Waals surface area contributed by atoms with Gasteiger partial charge >= 0.3 is 6.03 Å². The van der Waals surface area contributed by atoms with Gasteiger partial charge in [-0.3, -0.25) is 4.90 Å². The molecule has 3 aliphatic rings. The molecule has 3 fully saturated rings. The van der Waals surface area contributed by atoms with E-state index in [9.17, 15) is 9.18 Å². The number of morpholine rings is 1. The zero-order valence-electron chi connectivity index (χ0n) is 17.6. The van der Waals surface area contributed by atoms with E-state index < -0.39 is 0 Å². The smallest absolute Gasteiger partial charge is 0.321 e. The second kappa shape index (κ2) is 8.88. The number of carbonyl (C=O) groups excluding carboxylic acids is 1. The number of carbonyl (C=O) groups is 1. The third kappa shape index (κ3) is 4.83. The zero-order chi connectivity index (χ0) is 20.4. The van der Waals surface area contributed by atoms with Gasteiger partial charge in [-0.1, -0.05) is 0 Å². The molecule has 0 aliphatic carbocycles. The third-order valence-corrected chi connectivity index (χ3v) is 6.30. The van der Waals surface area contributed by atoms with Crippen molar-refractivity contribution in [1.29, 1.82) is 0 Å². The van der Waals surface area contributed by atoms with Crippen LogP contribution in [-0.2, 0) is 4.74 Å². The van der Waals surface area contributed by atoms with E-state index in [4.69, 9.17) is 4.74 Å². The molecule has 0 radical (unpaired) electrons. The lowest BCUT2D eigenvalue weighted by Crippen LogP contribution is -2.50. The first-order valence-corrected chi connectivity index (χ1v) is 11.0. The molecule has 160 valence electrons. The normalized spacial score (nSPS) is 28.6. The predicted octanol–water partition coefficient (Wildman–Crippen LogP) is 3.53. The van der Waals surface area contributed by atoms with Crippen LogP contribution in [0.4, 0.5) is 20.6 Å². The lowest BCUT2D eigenvalue weighted by atomic mass is 10.0. The van der Waals surface area contributed by atoms with E-state index in [-0.39, 0.29) is 24.1 Å². The van der Waals surface area contributed by atoms with E-state index in [1.54, 1.807) is 12.1 Å². The fourth-order valence-electron chi connectivity index (χ4n) is 4.96. The number of halogens is 1. The van der Waals surface area contributed by atoms with E-state index >= 15 is 0 Å². The molecule has 4 rings (SSSR count). The minimum absolute atomic E-state index is 0.0696. The minimum atomic E-state index is -0.308. The molecule has 1 aromatic rings. The number of nitrogens with zero attached hydrogens (tertiary/aromatic N) is 3. The SMILES string of the molecule is C[C@@H]1CN(c2ccc(NC(=O)N3CCC[C@@H](N4CCCC4)C3)cc2F)C[C@H](C)O1. The molecule has 3 heterocycles. The fourth-order valence-corrected chi connectivity index (χ4v) is 4.96. The molecular weight excluding hydrogens is 371 g/mol. The summed E-state index contributed by atoms with van der Waals surface area (Å²) >= 11 is 0. The summed E-state index contributed by atoms with van der Waals surface area (Å²) < 4.78 is 20.5. The van der Waals surface area contributed by atoms with Crippen molar-refractivity contribution in [3.63, 3.8) is 0 Å². The van der Waals surface area contributed by atoms with Gasteiger partial charge < -0.3 is 19.9 Å². The van der Waals surface area contributed by atoms with Crippen molar-refractivity contribution in [3.05, 3.63) is 24.0 Å². The molecule has 3 saturated heterocycles. The number of anilines is 2. The standard InChI is InChI=1S/C22H33FN4O2/c1-16-13-27(14-17(2)29-16)21-8-7-18(12-20(21)23)24-22(28)26-11-5-6-19(15-26)25-9-3-4-10-25/h7-8,12,16-17,19H,3-6,9-11,13-15H2,1-2H3,(H,24,28)/t16-,17+,19-/m1/s1. The number of amides is 2. The summed E-state index contributed by atoms with van der Waals surface area (Å²) in [5.41, 5.74) is 1.07. The van der Waals surface area contributed by atoms with Crippen molar-refractivity contribution in [2.45, 2.75) is 57.8 Å². The van der Waals surface area contributed by atoms with Gasteiger partial charge in [0.05, 0.1) is 17.9 Å². The number of rotatable bonds is 3. The van der Waals surface area contributed by atoms with Gasteiger partial charge in [0.25, 0.3) is 0 Å². The number of ether oxygens (including phenoxy) is 1. The molecule has 0 spiro atoms. The maximum atomic E-state index is 14.8. The van der Waals surface area contributed by atoms with E-state index in [1.807, 2.05) is 23.6 Å². The number of urea groups is 1. The summed E-state index contributed by atoms with van der Waals surface area (Å²) in [6, 6.07) is 5.32. The highest BCUT2D eigenvalue weighted by atomic mass is 19.1. The number of nitrogens with one attached hydrogen (secondary N) is 1. The van der Waals surface area contributed by atoms with Crippen molar-refractivity contribution < 1.29 is 13.9 Å². The Morgan fingerprint density at radius 1 is 1.07 bits per heavy atom. The van der Waals surface area contributed by atoms with Crippen molar-refractivity contribution in [2.75, 3.05) is 49.5 Å². The second-order valence-electron chi connectivity index (χ2n) is 8.74. The summed E-state index contributed by atoms with van der Waals surface area (Å²) in [6.45, 7) is 9.15. The third-order valence-electron chi connectivity index (χ3n) is 6.30. The number of benzene rings is 1. The molecular formula is C22H33FN4O2. The molecule has 3 aliphatic heterocycles. The van der Waals surface area contributed by atoms with Crippen LogP contribution in [0.1, 0.15) is 39.5 Å². The largest absolute Gasteiger partial charge is 0.372 e. The summed E-state index contributed by atoms with van der Waals surface area (Å²) in [5.74, 6) is -0.308. The molecule has 6 nitrogen and oxygen atoms in total. The van der Waals surface area contributed by atoms with Crippen LogP contribution in [-0.4, -0.2) is 73.3 Å². The van der Waals surface area contributed by atoms with Crippen LogP contribution < -0.4 is 10.2 Å². The molecule has 29 heavy (non-hydrogen) atoms. The lowest BCUT2D eigenvalue weighted by Gasteiger charge is -2.37. The first kappa shape index (κ1) is 20.4. The van der Waals surface area contributed by atoms with Crippen LogP contribution in [0, 0.1) is 5.82 Å². The van der Waals surface area contributed by atoms with E-state index in [2.05, 4.69) is 10.2 Å². The molecule has 3 atom stereocenters. The number of hydrogen-bond acceptors (Lipinski definition) is 4. The van der Waals surface area contributed by atoms with Gasteiger partial charge in [0.1, 0.15) is 5.82 Å². The van der Waals surface area contributed by atoms with Gasteiger partial charge in [0.15, 0.2) is 0 Å². The number of hydrogen-bond donors (Lipinski definition) is 1. The molecule has 0 unspecified atom stereocenters. The van der Waals surface area contributed by atoms with Gasteiger partial charge in [-0.2, -0.15) is 0 Å². The number of piperidine rings is 1. The van der Waals surface area contributed by atoms with Gasteiger partial charge in [-0.25, -0.2) is 9.18 Å². The predicted molar refractivity (Wildman–Crippen MR) is 113 cm³/mol. The average Bonchev–Trinajstić information content (AvgIpc) is 3.22. The second-order valence-corrected chi connectivity index (χ2v) is 8.74. The quantitative estimate of drug-likeness (QED) is 0.837. The first-order valence-electron chi connectivity index (χ1n) is 11.0. The van der Waals surface area contributed by atoms with Crippen molar-refractivity contribution >= 4 is 17.4 Å². The van der Waals surface area contributed by atoms with Crippen LogP contribution in [0.25, 0.3) is 0 Å². The van der Waals surface area contributed by atoms with Crippen molar-refractivity contribution in [1.82, 2.24) is 9.80 Å². The first-order chi connectivity index (χ1) is 14.0. The Labute approximate surface area is 173 Å². The molecule has 0 saturated carbocycles. The fraction of sp³-hybridized carbons (Fsp3) is 0.682. The maximum Gasteiger partial charge on any atom is 0.321 e. The molecule has 0 bridgehead atoms. The Morgan fingerprint density at radius 2 is 1.79 bits per heavy atom. The lowest BCUT2D eigenvalue weighted by molar-refractivity contribution is -0.00539. The topological polar surface area (TPSA) is 48.1 Å². The Bertz CT molecular complexity index is 715. The van der Waals surface area contributed by atoms with E-state index in [1.165, 1.54) is 18.9 Å². The Morgan fingerprint density at radius 3 is 2.48 bits per heavy atom. The summed E-state index contributed by atoms with van der Waals surface area (Å²) in [4.78, 5) is 19.2. The minimum Gasteiger partial charge on any atom is -0.372 e. The number of likely N-dealkylation sites (tertiary alicyclic amines) is 2. The Hall–Kier alpha value is -1.86. The molecule has 2 amide bonds. The molecule has 7 heteroatoms. The van der Waals surface area contributed by atoms with Crippen LogP contribution in [0.3, 0.4) is 0 Å². The zero-order valence-corrected chi connectivity index (χ0v) is 17.6. The molecule has 0 aromatic heterocycles. The molecule has 1 aromatic carbocycles. The highest BCUT2D eigenvalue weighted by Gasteiger charge is 2.29. The highest BCUT2D eigenvalue weighted by molar-refractivity contribution is 5.89. The van der Waals surface area contributed by atoms with Gasteiger partial charge in [0, 0.05) is 37.9 Å². The van der Waals surface area contributed by atoms with Gasteiger partial charge in [-0.15, -0.1) is 0 Å². The van der Waals surface area contributed by atoms with E-state index in [0.717, 1.165) is 39.0 Å². The maximum absolute atomic E-state index is 14.8.